The first-order valence-corrected chi connectivity index (χ1v) is 4.77. The molecule has 1 aromatic heterocycles. The average molecular weight is 224 g/mol. The van der Waals surface area contributed by atoms with Crippen LogP contribution in [0.25, 0.3) is 11.3 Å². The summed E-state index contributed by atoms with van der Waals surface area (Å²) in [5, 5.41) is 0. The van der Waals surface area contributed by atoms with Crippen LogP contribution in [0.4, 0.5) is 13.2 Å². The smallest absolute Gasteiger partial charge is 0.326 e. The van der Waals surface area contributed by atoms with Gasteiger partial charge in [-0.05, 0) is 11.6 Å². The molecule has 2 heterocycles. The lowest BCUT2D eigenvalue weighted by molar-refractivity contribution is -0.138. The van der Waals surface area contributed by atoms with Crippen molar-refractivity contribution in [1.82, 2.24) is 9.55 Å². The summed E-state index contributed by atoms with van der Waals surface area (Å²) >= 11 is 0. The Morgan fingerprint density at radius 3 is 2.81 bits per heavy atom. The van der Waals surface area contributed by atoms with E-state index in [-0.39, 0.29) is 6.54 Å². The minimum absolute atomic E-state index is 0.250. The number of halogens is 3. The number of nitrogens with zero attached hydrogens (tertiary/aromatic N) is 2. The lowest BCUT2D eigenvalue weighted by Gasteiger charge is -2.11. The van der Waals surface area contributed by atoms with Crippen molar-refractivity contribution >= 4 is 0 Å². The molecule has 1 aliphatic heterocycles. The highest BCUT2D eigenvalue weighted by atomic mass is 19.4. The van der Waals surface area contributed by atoms with E-state index in [2.05, 4.69) is 4.98 Å². The lowest BCUT2D eigenvalue weighted by Crippen LogP contribution is -2.09. The van der Waals surface area contributed by atoms with E-state index in [1.165, 1.54) is 6.07 Å². The molecule has 0 aliphatic carbocycles. The Balaban J connectivity index is 2.24. The van der Waals surface area contributed by atoms with Crippen LogP contribution in [0, 0.1) is 0 Å². The molecule has 2 aromatic rings. The third-order valence-corrected chi connectivity index (χ3v) is 2.80. The monoisotopic (exact) mass is 224 g/mol. The van der Waals surface area contributed by atoms with E-state index >= 15 is 0 Å². The summed E-state index contributed by atoms with van der Waals surface area (Å²) in [5.74, 6) is 0. The summed E-state index contributed by atoms with van der Waals surface area (Å²) in [4.78, 5) is 3.92. The topological polar surface area (TPSA) is 17.8 Å². The first kappa shape index (κ1) is 9.45. The zero-order valence-corrected chi connectivity index (χ0v) is 8.12. The molecule has 1 aromatic carbocycles. The highest BCUT2D eigenvalue weighted by Gasteiger charge is 2.36. The van der Waals surface area contributed by atoms with Crippen molar-refractivity contribution < 1.29 is 13.2 Å². The minimum Gasteiger partial charge on any atom is -0.326 e. The Morgan fingerprint density at radius 1 is 1.25 bits per heavy atom. The molecular weight excluding hydrogens is 217 g/mol. The summed E-state index contributed by atoms with van der Waals surface area (Å²) in [6, 6.07) is 4.26. The number of benzene rings is 1. The van der Waals surface area contributed by atoms with Crippen molar-refractivity contribution in [3.05, 3.63) is 41.9 Å². The van der Waals surface area contributed by atoms with E-state index in [1.807, 2.05) is 0 Å². The zero-order chi connectivity index (χ0) is 11.3. The number of imidazole rings is 1. The van der Waals surface area contributed by atoms with Crippen LogP contribution in [-0.4, -0.2) is 9.55 Å². The summed E-state index contributed by atoms with van der Waals surface area (Å²) in [6.07, 6.45) is -1.15. The molecular formula is C11H7F3N2. The van der Waals surface area contributed by atoms with E-state index < -0.39 is 11.7 Å². The lowest BCUT2D eigenvalue weighted by atomic mass is 10.0. The van der Waals surface area contributed by atoms with Crippen LogP contribution in [0.2, 0.25) is 0 Å². The van der Waals surface area contributed by atoms with Gasteiger partial charge in [-0.3, -0.25) is 0 Å². The zero-order valence-electron chi connectivity index (χ0n) is 8.12. The molecule has 0 atom stereocenters. The predicted octanol–water partition coefficient (Wildman–Crippen LogP) is 2.93. The summed E-state index contributed by atoms with van der Waals surface area (Å²) in [5.41, 5.74) is 1.18. The largest absolute Gasteiger partial charge is 0.416 e. The summed E-state index contributed by atoms with van der Waals surface area (Å²) < 4.78 is 40.0. The van der Waals surface area contributed by atoms with Crippen molar-refractivity contribution in [3.8, 4) is 11.3 Å². The SMILES string of the molecule is FC(F)(F)c1cccc2c1Cn1cncc1-2. The second-order valence-electron chi connectivity index (χ2n) is 3.74. The van der Waals surface area contributed by atoms with Crippen LogP contribution in [-0.2, 0) is 12.7 Å². The van der Waals surface area contributed by atoms with Crippen LogP contribution in [0.5, 0.6) is 0 Å². The number of hydrogen-bond donors (Lipinski definition) is 0. The molecule has 5 heteroatoms. The van der Waals surface area contributed by atoms with Gasteiger partial charge in [-0.15, -0.1) is 0 Å². The maximum atomic E-state index is 12.7. The molecule has 16 heavy (non-hydrogen) atoms. The van der Waals surface area contributed by atoms with Crippen molar-refractivity contribution in [3.63, 3.8) is 0 Å². The van der Waals surface area contributed by atoms with Gasteiger partial charge < -0.3 is 4.57 Å². The molecule has 0 bridgehead atoms. The van der Waals surface area contributed by atoms with E-state index in [1.54, 1.807) is 23.2 Å². The number of rotatable bonds is 0. The van der Waals surface area contributed by atoms with Gasteiger partial charge in [0.1, 0.15) is 0 Å². The van der Waals surface area contributed by atoms with Crippen LogP contribution >= 0.6 is 0 Å². The standard InChI is InChI=1S/C11H7F3N2/c12-11(13,14)9-3-1-2-7-8(9)5-16-6-15-4-10(7)16/h1-4,6H,5H2. The van der Waals surface area contributed by atoms with E-state index in [0.29, 0.717) is 11.1 Å². The van der Waals surface area contributed by atoms with Gasteiger partial charge in [0.25, 0.3) is 0 Å². The van der Waals surface area contributed by atoms with Gasteiger partial charge in [-0.25, -0.2) is 4.98 Å². The number of aromatic nitrogens is 2. The Hall–Kier alpha value is -1.78. The van der Waals surface area contributed by atoms with Crippen LogP contribution < -0.4 is 0 Å². The van der Waals surface area contributed by atoms with Crippen LogP contribution in [0.3, 0.4) is 0 Å². The molecule has 0 N–H and O–H groups in total. The maximum absolute atomic E-state index is 12.7. The molecule has 0 unspecified atom stereocenters. The highest BCUT2D eigenvalue weighted by Crippen LogP contribution is 2.40. The molecule has 0 spiro atoms. The third kappa shape index (κ3) is 1.17. The summed E-state index contributed by atoms with van der Waals surface area (Å²) in [6.45, 7) is 0.250. The molecule has 1 aliphatic rings. The average Bonchev–Trinajstić information content (AvgIpc) is 2.74. The third-order valence-electron chi connectivity index (χ3n) is 2.80. The van der Waals surface area contributed by atoms with Gasteiger partial charge >= 0.3 is 6.18 Å². The fraction of sp³-hybridized carbons (Fsp3) is 0.182. The quantitative estimate of drug-likeness (QED) is 0.574. The fourth-order valence-electron chi connectivity index (χ4n) is 2.10. The maximum Gasteiger partial charge on any atom is 0.416 e. The van der Waals surface area contributed by atoms with E-state index in [0.717, 1.165) is 11.8 Å². The van der Waals surface area contributed by atoms with Crippen molar-refractivity contribution in [2.75, 3.05) is 0 Å². The second-order valence-corrected chi connectivity index (χ2v) is 3.74. The van der Waals surface area contributed by atoms with Gasteiger partial charge in [0.05, 0.1) is 30.3 Å². The van der Waals surface area contributed by atoms with Gasteiger partial charge in [0.15, 0.2) is 0 Å². The molecule has 0 radical (unpaired) electrons. The van der Waals surface area contributed by atoms with E-state index in [9.17, 15) is 13.2 Å². The Labute approximate surface area is 89.3 Å². The molecule has 0 saturated carbocycles. The predicted molar refractivity (Wildman–Crippen MR) is 51.8 cm³/mol. The number of fused-ring (bicyclic) bond motifs is 3. The first-order valence-electron chi connectivity index (χ1n) is 4.77. The van der Waals surface area contributed by atoms with Crippen LogP contribution in [0.15, 0.2) is 30.7 Å². The molecule has 0 fully saturated rings. The van der Waals surface area contributed by atoms with Gasteiger partial charge in [-0.1, -0.05) is 12.1 Å². The molecule has 0 amide bonds. The summed E-state index contributed by atoms with van der Waals surface area (Å²) in [7, 11) is 0. The van der Waals surface area contributed by atoms with E-state index in [4.69, 9.17) is 0 Å². The second kappa shape index (κ2) is 2.87. The Bertz CT molecular complexity index is 555. The number of hydrogen-bond acceptors (Lipinski definition) is 1. The molecule has 82 valence electrons. The van der Waals surface area contributed by atoms with Crippen LogP contribution in [0.1, 0.15) is 11.1 Å². The van der Waals surface area contributed by atoms with Crippen molar-refractivity contribution in [1.29, 1.82) is 0 Å². The minimum atomic E-state index is -4.29. The fourth-order valence-corrected chi connectivity index (χ4v) is 2.10. The van der Waals surface area contributed by atoms with Gasteiger partial charge in [0.2, 0.25) is 0 Å². The first-order chi connectivity index (χ1) is 7.57. The number of alkyl halides is 3. The van der Waals surface area contributed by atoms with Gasteiger partial charge in [-0.2, -0.15) is 13.2 Å². The Morgan fingerprint density at radius 2 is 2.06 bits per heavy atom. The molecule has 0 saturated heterocycles. The van der Waals surface area contributed by atoms with Crippen molar-refractivity contribution in [2.24, 2.45) is 0 Å². The van der Waals surface area contributed by atoms with Crippen molar-refractivity contribution in [2.45, 2.75) is 12.7 Å². The normalized spacial score (nSPS) is 13.7. The molecule has 3 rings (SSSR count). The van der Waals surface area contributed by atoms with Gasteiger partial charge in [0, 0.05) is 5.56 Å². The molecule has 2 nitrogen and oxygen atoms in total. The Kier molecular flexibility index (Phi) is 1.70. The highest BCUT2D eigenvalue weighted by molar-refractivity contribution is 5.69.